The Morgan fingerprint density at radius 1 is 1.33 bits per heavy atom. The molecule has 0 saturated heterocycles. The van der Waals surface area contributed by atoms with Gasteiger partial charge >= 0.3 is 0 Å². The SMILES string of the molecule is COCC(O)CCCC(C)(C)C. The normalized spacial score (nSPS) is 14.8. The number of ether oxygens (including phenoxy) is 1. The highest BCUT2D eigenvalue weighted by atomic mass is 16.5. The van der Waals surface area contributed by atoms with Gasteiger partial charge in [0, 0.05) is 7.11 Å². The van der Waals surface area contributed by atoms with Crippen LogP contribution in [0.5, 0.6) is 0 Å². The second kappa shape index (κ2) is 5.55. The summed E-state index contributed by atoms with van der Waals surface area (Å²) in [5, 5.41) is 9.32. The summed E-state index contributed by atoms with van der Waals surface area (Å²) in [6, 6.07) is 0. The molecule has 0 radical (unpaired) electrons. The number of hydrogen-bond acceptors (Lipinski definition) is 2. The van der Waals surface area contributed by atoms with Crippen molar-refractivity contribution in [3.63, 3.8) is 0 Å². The number of hydrogen-bond donors (Lipinski definition) is 1. The van der Waals surface area contributed by atoms with Crippen LogP contribution in [0.15, 0.2) is 0 Å². The highest BCUT2D eigenvalue weighted by Gasteiger charge is 2.11. The fraction of sp³-hybridized carbons (Fsp3) is 1.00. The zero-order valence-corrected chi connectivity index (χ0v) is 8.76. The van der Waals surface area contributed by atoms with Crippen molar-refractivity contribution in [3.8, 4) is 0 Å². The van der Waals surface area contributed by atoms with E-state index < -0.39 is 0 Å². The lowest BCUT2D eigenvalue weighted by molar-refractivity contribution is 0.0560. The molecule has 12 heavy (non-hydrogen) atoms. The van der Waals surface area contributed by atoms with Gasteiger partial charge in [0.2, 0.25) is 0 Å². The second-order valence-corrected chi connectivity index (χ2v) is 4.56. The van der Waals surface area contributed by atoms with Crippen LogP contribution in [0.2, 0.25) is 0 Å². The quantitative estimate of drug-likeness (QED) is 0.692. The molecule has 2 nitrogen and oxygen atoms in total. The van der Waals surface area contributed by atoms with Crippen LogP contribution in [0.3, 0.4) is 0 Å². The molecule has 1 unspecified atom stereocenters. The molecule has 0 amide bonds. The summed E-state index contributed by atoms with van der Waals surface area (Å²) >= 11 is 0. The summed E-state index contributed by atoms with van der Waals surface area (Å²) in [6.45, 7) is 7.12. The van der Waals surface area contributed by atoms with Gasteiger partial charge in [-0.05, 0) is 18.3 Å². The van der Waals surface area contributed by atoms with Gasteiger partial charge in [0.1, 0.15) is 0 Å². The Bertz CT molecular complexity index is 105. The van der Waals surface area contributed by atoms with E-state index in [1.165, 1.54) is 0 Å². The molecule has 0 aliphatic heterocycles. The number of rotatable bonds is 5. The van der Waals surface area contributed by atoms with E-state index in [0.29, 0.717) is 12.0 Å². The summed E-state index contributed by atoms with van der Waals surface area (Å²) in [6.07, 6.45) is 2.81. The third-order valence-electron chi connectivity index (χ3n) is 1.82. The number of methoxy groups -OCH3 is 1. The van der Waals surface area contributed by atoms with Gasteiger partial charge in [-0.1, -0.05) is 27.2 Å². The van der Waals surface area contributed by atoms with Gasteiger partial charge in [0.15, 0.2) is 0 Å². The first-order valence-corrected chi connectivity index (χ1v) is 4.63. The first kappa shape index (κ1) is 11.9. The molecule has 0 aliphatic rings. The molecule has 0 saturated carbocycles. The van der Waals surface area contributed by atoms with Gasteiger partial charge < -0.3 is 9.84 Å². The van der Waals surface area contributed by atoms with Gasteiger partial charge in [0.25, 0.3) is 0 Å². The second-order valence-electron chi connectivity index (χ2n) is 4.56. The molecule has 1 atom stereocenters. The van der Waals surface area contributed by atoms with Crippen LogP contribution >= 0.6 is 0 Å². The van der Waals surface area contributed by atoms with Crippen LogP contribution < -0.4 is 0 Å². The van der Waals surface area contributed by atoms with Crippen molar-refractivity contribution < 1.29 is 9.84 Å². The molecule has 0 fully saturated rings. The van der Waals surface area contributed by atoms with Crippen molar-refractivity contribution in [1.82, 2.24) is 0 Å². The lowest BCUT2D eigenvalue weighted by Crippen LogP contribution is -2.15. The molecule has 2 heteroatoms. The maximum Gasteiger partial charge on any atom is 0.0773 e. The minimum Gasteiger partial charge on any atom is -0.391 e. The van der Waals surface area contributed by atoms with E-state index in [0.717, 1.165) is 19.3 Å². The molecular weight excluding hydrogens is 152 g/mol. The Balaban J connectivity index is 3.31. The highest BCUT2D eigenvalue weighted by molar-refractivity contribution is 4.63. The predicted molar refractivity (Wildman–Crippen MR) is 51.2 cm³/mol. The van der Waals surface area contributed by atoms with Crippen molar-refractivity contribution in [2.24, 2.45) is 5.41 Å². The van der Waals surface area contributed by atoms with Crippen LogP contribution in [0.4, 0.5) is 0 Å². The highest BCUT2D eigenvalue weighted by Crippen LogP contribution is 2.21. The molecule has 0 aromatic rings. The summed E-state index contributed by atoms with van der Waals surface area (Å²) in [5.74, 6) is 0. The van der Waals surface area contributed by atoms with Gasteiger partial charge in [-0.25, -0.2) is 0 Å². The zero-order valence-electron chi connectivity index (χ0n) is 8.76. The Kier molecular flexibility index (Phi) is 5.51. The Hall–Kier alpha value is -0.0800. The molecule has 0 spiro atoms. The summed E-state index contributed by atoms with van der Waals surface area (Å²) in [4.78, 5) is 0. The molecule has 74 valence electrons. The standard InChI is InChI=1S/C10H22O2/c1-10(2,3)7-5-6-9(11)8-12-4/h9,11H,5-8H2,1-4H3. The largest absolute Gasteiger partial charge is 0.391 e. The van der Waals surface area contributed by atoms with Crippen LogP contribution in [-0.4, -0.2) is 24.9 Å². The third-order valence-corrected chi connectivity index (χ3v) is 1.82. The molecule has 1 N–H and O–H groups in total. The predicted octanol–water partition coefficient (Wildman–Crippen LogP) is 2.21. The van der Waals surface area contributed by atoms with Crippen LogP contribution in [0, 0.1) is 5.41 Å². The number of aliphatic hydroxyl groups excluding tert-OH is 1. The molecule has 0 aromatic heterocycles. The van der Waals surface area contributed by atoms with Crippen molar-refractivity contribution in [2.45, 2.75) is 46.1 Å². The van der Waals surface area contributed by atoms with Crippen molar-refractivity contribution in [2.75, 3.05) is 13.7 Å². The molecule has 0 aromatic carbocycles. The van der Waals surface area contributed by atoms with E-state index in [-0.39, 0.29) is 6.10 Å². The first-order valence-electron chi connectivity index (χ1n) is 4.63. The van der Waals surface area contributed by atoms with Gasteiger partial charge in [-0.15, -0.1) is 0 Å². The third kappa shape index (κ3) is 8.02. The average molecular weight is 174 g/mol. The van der Waals surface area contributed by atoms with Crippen molar-refractivity contribution in [1.29, 1.82) is 0 Å². The van der Waals surface area contributed by atoms with E-state index in [1.807, 2.05) is 0 Å². The minimum absolute atomic E-state index is 0.280. The first-order chi connectivity index (χ1) is 5.45. The minimum atomic E-state index is -0.280. The monoisotopic (exact) mass is 174 g/mol. The molecule has 0 bridgehead atoms. The average Bonchev–Trinajstić information content (AvgIpc) is 1.84. The van der Waals surface area contributed by atoms with Crippen molar-refractivity contribution >= 4 is 0 Å². The fourth-order valence-electron chi connectivity index (χ4n) is 1.14. The molecule has 0 rings (SSSR count). The van der Waals surface area contributed by atoms with E-state index in [1.54, 1.807) is 7.11 Å². The molecular formula is C10H22O2. The summed E-state index contributed by atoms with van der Waals surface area (Å²) in [5.41, 5.74) is 0.382. The van der Waals surface area contributed by atoms with E-state index >= 15 is 0 Å². The van der Waals surface area contributed by atoms with E-state index in [4.69, 9.17) is 4.74 Å². The maximum atomic E-state index is 9.32. The summed E-state index contributed by atoms with van der Waals surface area (Å²) < 4.78 is 4.84. The molecule has 0 heterocycles. The van der Waals surface area contributed by atoms with E-state index in [2.05, 4.69) is 20.8 Å². The fourth-order valence-corrected chi connectivity index (χ4v) is 1.14. The number of aliphatic hydroxyl groups is 1. The Morgan fingerprint density at radius 3 is 2.33 bits per heavy atom. The lowest BCUT2D eigenvalue weighted by Gasteiger charge is -2.18. The van der Waals surface area contributed by atoms with Gasteiger partial charge in [-0.3, -0.25) is 0 Å². The van der Waals surface area contributed by atoms with Gasteiger partial charge in [-0.2, -0.15) is 0 Å². The topological polar surface area (TPSA) is 29.5 Å². The van der Waals surface area contributed by atoms with Crippen molar-refractivity contribution in [3.05, 3.63) is 0 Å². The Labute approximate surface area is 75.9 Å². The zero-order chi connectivity index (χ0) is 9.61. The lowest BCUT2D eigenvalue weighted by atomic mass is 9.89. The Morgan fingerprint density at radius 2 is 1.92 bits per heavy atom. The van der Waals surface area contributed by atoms with Crippen LogP contribution in [0.1, 0.15) is 40.0 Å². The van der Waals surface area contributed by atoms with Gasteiger partial charge in [0.05, 0.1) is 12.7 Å². The van der Waals surface area contributed by atoms with Crippen LogP contribution in [-0.2, 0) is 4.74 Å². The van der Waals surface area contributed by atoms with E-state index in [9.17, 15) is 5.11 Å². The summed E-state index contributed by atoms with van der Waals surface area (Å²) in [7, 11) is 1.62. The smallest absolute Gasteiger partial charge is 0.0773 e. The van der Waals surface area contributed by atoms with Crippen LogP contribution in [0.25, 0.3) is 0 Å². The molecule has 0 aliphatic carbocycles. The maximum absolute atomic E-state index is 9.32.